The Morgan fingerprint density at radius 1 is 1.12 bits per heavy atom. The molecule has 3 heterocycles. The number of hydrogen-bond acceptors (Lipinski definition) is 8. The van der Waals surface area contributed by atoms with Gasteiger partial charge in [-0.3, -0.25) is 24.1 Å². The molecule has 1 amide bonds. The molecule has 0 aliphatic heterocycles. The molecule has 0 spiro atoms. The number of nitrogens with zero attached hydrogens (tertiary/aromatic N) is 5. The molecule has 0 aliphatic rings. The molecule has 10 nitrogen and oxygen atoms in total. The lowest BCUT2D eigenvalue weighted by Gasteiger charge is -2.07. The molecule has 0 saturated carbocycles. The van der Waals surface area contributed by atoms with Gasteiger partial charge in [-0.2, -0.15) is 5.10 Å². The van der Waals surface area contributed by atoms with Crippen molar-refractivity contribution in [3.63, 3.8) is 0 Å². The highest BCUT2D eigenvalue weighted by Crippen LogP contribution is 2.25. The van der Waals surface area contributed by atoms with Gasteiger partial charge in [0.25, 0.3) is 17.2 Å². The highest BCUT2D eigenvalue weighted by atomic mass is 32.2. The van der Waals surface area contributed by atoms with Crippen LogP contribution in [0.5, 0.6) is 0 Å². The normalized spacial score (nSPS) is 11.0. The standard InChI is InChI=1S/C21H14N6O4S/c28-19(14-7-9-15(10-8-14)27(30)31)25-23-13-16-20(32-18-6-1-3-11-22-18)24-17-5-2-4-12-26(17)21(16)29/h1-13H,(H,25,28)/b23-13-. The molecule has 0 fully saturated rings. The minimum absolute atomic E-state index is 0.128. The number of aromatic nitrogens is 3. The predicted molar refractivity (Wildman–Crippen MR) is 118 cm³/mol. The molecule has 1 N–H and O–H groups in total. The SMILES string of the molecule is O=C(N/N=C\c1c(Sc2ccccn2)nc2ccccn2c1=O)c1ccc([N+](=O)[O-])cc1. The van der Waals surface area contributed by atoms with E-state index in [4.69, 9.17) is 0 Å². The minimum Gasteiger partial charge on any atom is -0.268 e. The van der Waals surface area contributed by atoms with Gasteiger partial charge in [-0.25, -0.2) is 15.4 Å². The number of carbonyl (C=O) groups excluding carboxylic acids is 1. The van der Waals surface area contributed by atoms with Gasteiger partial charge in [0, 0.05) is 30.1 Å². The maximum absolute atomic E-state index is 13.0. The number of hydrogen-bond donors (Lipinski definition) is 1. The van der Waals surface area contributed by atoms with Gasteiger partial charge < -0.3 is 0 Å². The van der Waals surface area contributed by atoms with Gasteiger partial charge >= 0.3 is 0 Å². The summed E-state index contributed by atoms with van der Waals surface area (Å²) < 4.78 is 1.38. The monoisotopic (exact) mass is 446 g/mol. The number of benzene rings is 1. The Morgan fingerprint density at radius 3 is 2.62 bits per heavy atom. The molecular formula is C21H14N6O4S. The lowest BCUT2D eigenvalue weighted by Crippen LogP contribution is -2.23. The highest BCUT2D eigenvalue weighted by molar-refractivity contribution is 7.99. The van der Waals surface area contributed by atoms with E-state index >= 15 is 0 Å². The van der Waals surface area contributed by atoms with Gasteiger partial charge in [-0.15, -0.1) is 0 Å². The fourth-order valence-corrected chi connectivity index (χ4v) is 3.58. The third kappa shape index (κ3) is 4.52. The molecule has 11 heteroatoms. The Bertz CT molecular complexity index is 1390. The number of fused-ring (bicyclic) bond motifs is 1. The van der Waals surface area contributed by atoms with Gasteiger partial charge in [0.15, 0.2) is 0 Å². The summed E-state index contributed by atoms with van der Waals surface area (Å²) in [5.41, 5.74) is 2.66. The highest BCUT2D eigenvalue weighted by Gasteiger charge is 2.14. The number of rotatable bonds is 6. The number of carbonyl (C=O) groups is 1. The third-order valence-corrected chi connectivity index (χ3v) is 5.23. The first-order valence-electron chi connectivity index (χ1n) is 9.21. The Hall–Kier alpha value is -4.38. The van der Waals surface area contributed by atoms with Crippen molar-refractivity contribution in [2.24, 2.45) is 5.10 Å². The maximum atomic E-state index is 13.0. The fourth-order valence-electron chi connectivity index (χ4n) is 2.73. The van der Waals surface area contributed by atoms with Crippen molar-refractivity contribution in [3.05, 3.63) is 105 Å². The lowest BCUT2D eigenvalue weighted by atomic mass is 10.2. The third-order valence-electron chi connectivity index (χ3n) is 4.27. The van der Waals surface area contributed by atoms with Crippen LogP contribution < -0.4 is 11.0 Å². The van der Waals surface area contributed by atoms with Crippen LogP contribution in [0.4, 0.5) is 5.69 Å². The van der Waals surface area contributed by atoms with Crippen LogP contribution in [-0.2, 0) is 0 Å². The van der Waals surface area contributed by atoms with E-state index in [1.165, 1.54) is 46.6 Å². The van der Waals surface area contributed by atoms with Crippen molar-refractivity contribution in [1.82, 2.24) is 19.8 Å². The average molecular weight is 446 g/mol. The molecule has 0 saturated heterocycles. The van der Waals surface area contributed by atoms with Crippen LogP contribution in [0.3, 0.4) is 0 Å². The quantitative estimate of drug-likeness (QED) is 0.208. The number of nitro groups is 1. The number of non-ortho nitro benzene ring substituents is 1. The Balaban J connectivity index is 1.63. The van der Waals surface area contributed by atoms with Crippen molar-refractivity contribution in [3.8, 4) is 0 Å². The molecule has 0 aliphatic carbocycles. The molecule has 4 rings (SSSR count). The molecule has 3 aromatic heterocycles. The fraction of sp³-hybridized carbons (Fsp3) is 0. The first-order valence-corrected chi connectivity index (χ1v) is 10.0. The molecule has 158 valence electrons. The van der Waals surface area contributed by atoms with Crippen molar-refractivity contribution in [2.45, 2.75) is 10.1 Å². The summed E-state index contributed by atoms with van der Waals surface area (Å²) in [4.78, 5) is 44.2. The largest absolute Gasteiger partial charge is 0.271 e. The summed E-state index contributed by atoms with van der Waals surface area (Å²) in [7, 11) is 0. The topological polar surface area (TPSA) is 132 Å². The van der Waals surface area contributed by atoms with Crippen LogP contribution in [0.15, 0.2) is 93.0 Å². The Morgan fingerprint density at radius 2 is 1.91 bits per heavy atom. The first-order chi connectivity index (χ1) is 15.5. The van der Waals surface area contributed by atoms with E-state index in [1.807, 2.05) is 6.07 Å². The molecule has 4 aromatic rings. The number of hydrazone groups is 1. The zero-order chi connectivity index (χ0) is 22.5. The van der Waals surface area contributed by atoms with Crippen LogP contribution in [0.2, 0.25) is 0 Å². The van der Waals surface area contributed by atoms with E-state index in [1.54, 1.807) is 42.7 Å². The summed E-state index contributed by atoms with van der Waals surface area (Å²) in [6.07, 6.45) is 4.45. The van der Waals surface area contributed by atoms with Crippen molar-refractivity contribution < 1.29 is 9.72 Å². The molecule has 0 radical (unpaired) electrons. The molecule has 32 heavy (non-hydrogen) atoms. The Kier molecular flexibility index (Phi) is 5.99. The predicted octanol–water partition coefficient (Wildman–Crippen LogP) is 2.91. The molecular weight excluding hydrogens is 432 g/mol. The van der Waals surface area contributed by atoms with Gasteiger partial charge in [0.2, 0.25) is 0 Å². The smallest absolute Gasteiger partial charge is 0.268 e. The van der Waals surface area contributed by atoms with E-state index in [-0.39, 0.29) is 22.4 Å². The number of nitro benzene ring substituents is 1. The minimum atomic E-state index is -0.580. The Labute approximate surface area is 184 Å². The van der Waals surface area contributed by atoms with E-state index in [9.17, 15) is 19.7 Å². The van der Waals surface area contributed by atoms with Crippen molar-refractivity contribution in [2.75, 3.05) is 0 Å². The number of pyridine rings is 2. The summed E-state index contributed by atoms with van der Waals surface area (Å²) in [6, 6.07) is 15.7. The zero-order valence-electron chi connectivity index (χ0n) is 16.3. The van der Waals surface area contributed by atoms with Gasteiger partial charge in [0.1, 0.15) is 15.7 Å². The van der Waals surface area contributed by atoms with E-state index in [0.29, 0.717) is 15.7 Å². The lowest BCUT2D eigenvalue weighted by molar-refractivity contribution is -0.384. The van der Waals surface area contributed by atoms with E-state index in [2.05, 4.69) is 20.5 Å². The van der Waals surface area contributed by atoms with Crippen LogP contribution in [0.1, 0.15) is 15.9 Å². The number of amides is 1. The zero-order valence-corrected chi connectivity index (χ0v) is 17.1. The second-order valence-electron chi connectivity index (χ2n) is 6.34. The van der Waals surface area contributed by atoms with E-state index in [0.717, 1.165) is 0 Å². The second kappa shape index (κ2) is 9.18. The summed E-state index contributed by atoms with van der Waals surface area (Å²) >= 11 is 1.20. The van der Waals surface area contributed by atoms with Gasteiger partial charge in [-0.05, 0) is 48.2 Å². The van der Waals surface area contributed by atoms with Crippen molar-refractivity contribution in [1.29, 1.82) is 0 Å². The molecule has 0 unspecified atom stereocenters. The summed E-state index contributed by atoms with van der Waals surface area (Å²) in [5, 5.41) is 15.7. The molecule has 0 atom stereocenters. The van der Waals surface area contributed by atoms with Gasteiger partial charge in [0.05, 0.1) is 16.7 Å². The van der Waals surface area contributed by atoms with Gasteiger partial charge in [-0.1, -0.05) is 12.1 Å². The van der Waals surface area contributed by atoms with E-state index < -0.39 is 10.8 Å². The molecule has 1 aromatic carbocycles. The first kappa shape index (κ1) is 20.9. The maximum Gasteiger partial charge on any atom is 0.271 e. The summed E-state index contributed by atoms with van der Waals surface area (Å²) in [5.74, 6) is -0.580. The van der Waals surface area contributed by atoms with Crippen LogP contribution in [0, 0.1) is 10.1 Å². The van der Waals surface area contributed by atoms with Crippen LogP contribution in [-0.4, -0.2) is 31.4 Å². The summed E-state index contributed by atoms with van der Waals surface area (Å²) in [6.45, 7) is 0. The molecule has 0 bridgehead atoms. The second-order valence-corrected chi connectivity index (χ2v) is 7.35. The average Bonchev–Trinajstić information content (AvgIpc) is 2.81. The van der Waals surface area contributed by atoms with Crippen molar-refractivity contribution >= 4 is 35.2 Å². The number of nitrogens with one attached hydrogen (secondary N) is 1. The van der Waals surface area contributed by atoms with Crippen LogP contribution >= 0.6 is 11.8 Å². The van der Waals surface area contributed by atoms with Crippen LogP contribution in [0.25, 0.3) is 5.65 Å².